The number of halogens is 1. The number of benzene rings is 3. The van der Waals surface area contributed by atoms with Crippen LogP contribution in [0.25, 0.3) is 5.76 Å². The van der Waals surface area contributed by atoms with Gasteiger partial charge in [0.15, 0.2) is 0 Å². The summed E-state index contributed by atoms with van der Waals surface area (Å²) < 4.78 is 19.3. The minimum atomic E-state index is -1.05. The Morgan fingerprint density at radius 1 is 1.00 bits per heavy atom. The molecule has 1 aliphatic rings. The molecule has 1 amide bonds. The Morgan fingerprint density at radius 3 is 2.42 bits per heavy atom. The Bertz CT molecular complexity index is 1310. The standard InChI is InChI=1S/C26H22FNO5/c1-14-5-4-6-16(11-14)23-22(24(30)18-13-17(27)8-10-21(18)33-3)25(31)26(32)28(23)19-12-15(2)7-9-20(19)29/h4-13,23,29-30H,1-3H3/b24-22+. The van der Waals surface area contributed by atoms with Crippen LogP contribution in [-0.4, -0.2) is 29.0 Å². The molecule has 1 aliphatic heterocycles. The maximum absolute atomic E-state index is 14.0. The fourth-order valence-corrected chi connectivity index (χ4v) is 4.07. The average Bonchev–Trinajstić information content (AvgIpc) is 3.05. The molecule has 168 valence electrons. The van der Waals surface area contributed by atoms with Crippen LogP contribution in [-0.2, 0) is 9.59 Å². The number of aliphatic hydroxyl groups excluding tert-OH is 1. The Hall–Kier alpha value is -4.13. The number of phenols is 1. The lowest BCUT2D eigenvalue weighted by atomic mass is 9.94. The number of aryl methyl sites for hydroxylation is 2. The summed E-state index contributed by atoms with van der Waals surface area (Å²) in [6, 6.07) is 14.3. The quantitative estimate of drug-likeness (QED) is 0.341. The molecule has 0 bridgehead atoms. The zero-order valence-electron chi connectivity index (χ0n) is 18.3. The first-order chi connectivity index (χ1) is 15.7. The summed E-state index contributed by atoms with van der Waals surface area (Å²) in [7, 11) is 1.35. The second kappa shape index (κ2) is 8.43. The highest BCUT2D eigenvalue weighted by Gasteiger charge is 2.48. The molecule has 7 heteroatoms. The molecule has 1 saturated heterocycles. The van der Waals surface area contributed by atoms with Gasteiger partial charge in [0.2, 0.25) is 0 Å². The van der Waals surface area contributed by atoms with E-state index < -0.39 is 29.3 Å². The summed E-state index contributed by atoms with van der Waals surface area (Å²) in [6.07, 6.45) is 0. The van der Waals surface area contributed by atoms with E-state index in [1.165, 1.54) is 19.2 Å². The molecule has 3 aromatic carbocycles. The van der Waals surface area contributed by atoms with Gasteiger partial charge in [0.1, 0.15) is 23.1 Å². The second-order valence-corrected chi connectivity index (χ2v) is 7.92. The summed E-state index contributed by atoms with van der Waals surface area (Å²) in [6.45, 7) is 3.65. The number of Topliss-reactive ketones (excluding diaryl/α,β-unsaturated/α-hetero) is 1. The predicted molar refractivity (Wildman–Crippen MR) is 122 cm³/mol. The molecule has 0 radical (unpaired) electrons. The summed E-state index contributed by atoms with van der Waals surface area (Å²) in [5.74, 6) is -3.13. The summed E-state index contributed by atoms with van der Waals surface area (Å²) >= 11 is 0. The first-order valence-corrected chi connectivity index (χ1v) is 10.2. The van der Waals surface area contributed by atoms with E-state index in [0.717, 1.165) is 28.2 Å². The fourth-order valence-electron chi connectivity index (χ4n) is 4.07. The molecule has 0 aliphatic carbocycles. The monoisotopic (exact) mass is 447 g/mol. The lowest BCUT2D eigenvalue weighted by Gasteiger charge is -2.26. The largest absolute Gasteiger partial charge is 0.507 e. The molecule has 1 heterocycles. The number of ether oxygens (including phenoxy) is 1. The number of hydrogen-bond donors (Lipinski definition) is 2. The smallest absolute Gasteiger partial charge is 0.300 e. The van der Waals surface area contributed by atoms with Gasteiger partial charge in [-0.05, 0) is 55.3 Å². The molecule has 33 heavy (non-hydrogen) atoms. The lowest BCUT2D eigenvalue weighted by molar-refractivity contribution is -0.132. The molecule has 1 fully saturated rings. The van der Waals surface area contributed by atoms with Crippen molar-refractivity contribution in [1.29, 1.82) is 0 Å². The molecule has 3 aromatic rings. The van der Waals surface area contributed by atoms with Gasteiger partial charge in [-0.25, -0.2) is 4.39 Å². The summed E-state index contributed by atoms with van der Waals surface area (Å²) in [5, 5.41) is 21.7. The van der Waals surface area contributed by atoms with Crippen LogP contribution in [0.3, 0.4) is 0 Å². The Balaban J connectivity index is 2.03. The number of rotatable bonds is 4. The third-order valence-electron chi connectivity index (χ3n) is 5.61. The van der Waals surface area contributed by atoms with Crippen molar-refractivity contribution >= 4 is 23.1 Å². The molecular weight excluding hydrogens is 425 g/mol. The number of anilines is 1. The van der Waals surface area contributed by atoms with Crippen LogP contribution in [0.5, 0.6) is 11.5 Å². The van der Waals surface area contributed by atoms with E-state index >= 15 is 0 Å². The lowest BCUT2D eigenvalue weighted by Crippen LogP contribution is -2.29. The van der Waals surface area contributed by atoms with E-state index in [4.69, 9.17) is 4.74 Å². The molecule has 4 rings (SSSR count). The first-order valence-electron chi connectivity index (χ1n) is 10.2. The SMILES string of the molecule is COc1ccc(F)cc1/C(O)=C1\C(=O)C(=O)N(c2cc(C)ccc2O)C1c1cccc(C)c1. The van der Waals surface area contributed by atoms with Crippen molar-refractivity contribution in [2.45, 2.75) is 19.9 Å². The van der Waals surface area contributed by atoms with Crippen molar-refractivity contribution in [3.63, 3.8) is 0 Å². The zero-order valence-corrected chi connectivity index (χ0v) is 18.3. The van der Waals surface area contributed by atoms with E-state index in [0.29, 0.717) is 5.56 Å². The number of aliphatic hydroxyl groups is 1. The van der Waals surface area contributed by atoms with Crippen LogP contribution in [0.1, 0.15) is 28.3 Å². The highest BCUT2D eigenvalue weighted by atomic mass is 19.1. The Kier molecular flexibility index (Phi) is 5.64. The van der Waals surface area contributed by atoms with E-state index in [-0.39, 0.29) is 28.3 Å². The van der Waals surface area contributed by atoms with Crippen molar-refractivity contribution in [2.75, 3.05) is 12.0 Å². The minimum Gasteiger partial charge on any atom is -0.507 e. The average molecular weight is 447 g/mol. The van der Waals surface area contributed by atoms with Crippen LogP contribution in [0, 0.1) is 19.7 Å². The molecule has 2 N–H and O–H groups in total. The topological polar surface area (TPSA) is 87.1 Å². The molecule has 6 nitrogen and oxygen atoms in total. The number of nitrogens with zero attached hydrogens (tertiary/aromatic N) is 1. The van der Waals surface area contributed by atoms with E-state index in [2.05, 4.69) is 0 Å². The maximum Gasteiger partial charge on any atom is 0.300 e. The minimum absolute atomic E-state index is 0.0541. The highest BCUT2D eigenvalue weighted by molar-refractivity contribution is 6.52. The van der Waals surface area contributed by atoms with Gasteiger partial charge in [-0.15, -0.1) is 0 Å². The molecular formula is C26H22FNO5. The van der Waals surface area contributed by atoms with E-state index in [1.54, 1.807) is 37.3 Å². The van der Waals surface area contributed by atoms with Gasteiger partial charge in [0, 0.05) is 0 Å². The van der Waals surface area contributed by atoms with E-state index in [9.17, 15) is 24.2 Å². The van der Waals surface area contributed by atoms with Gasteiger partial charge in [-0.2, -0.15) is 0 Å². The maximum atomic E-state index is 14.0. The second-order valence-electron chi connectivity index (χ2n) is 7.92. The van der Waals surface area contributed by atoms with Crippen molar-refractivity contribution in [3.05, 3.63) is 94.3 Å². The van der Waals surface area contributed by atoms with Crippen molar-refractivity contribution in [1.82, 2.24) is 0 Å². The Labute approximate surface area is 190 Å². The van der Waals surface area contributed by atoms with Crippen LogP contribution in [0.4, 0.5) is 10.1 Å². The summed E-state index contributed by atoms with van der Waals surface area (Å²) in [5.41, 5.74) is 2.03. The van der Waals surface area contributed by atoms with Gasteiger partial charge in [0.05, 0.1) is 30.0 Å². The number of aromatic hydroxyl groups is 1. The van der Waals surface area contributed by atoms with Gasteiger partial charge >= 0.3 is 0 Å². The highest BCUT2D eigenvalue weighted by Crippen LogP contribution is 2.45. The van der Waals surface area contributed by atoms with Crippen LogP contribution < -0.4 is 9.64 Å². The first kappa shape index (κ1) is 22.1. The number of ketones is 1. The normalized spacial score (nSPS) is 17.5. The fraction of sp³-hybridized carbons (Fsp3) is 0.154. The van der Waals surface area contributed by atoms with Crippen LogP contribution >= 0.6 is 0 Å². The molecule has 1 unspecified atom stereocenters. The van der Waals surface area contributed by atoms with E-state index in [1.807, 2.05) is 13.0 Å². The third kappa shape index (κ3) is 3.82. The van der Waals surface area contributed by atoms with Crippen LogP contribution in [0.2, 0.25) is 0 Å². The number of carbonyl (C=O) groups excluding carboxylic acids is 2. The molecule has 0 saturated carbocycles. The zero-order chi connectivity index (χ0) is 23.9. The third-order valence-corrected chi connectivity index (χ3v) is 5.61. The van der Waals surface area contributed by atoms with Gasteiger partial charge in [0.25, 0.3) is 11.7 Å². The Morgan fingerprint density at radius 2 is 1.73 bits per heavy atom. The molecule has 0 spiro atoms. The molecule has 0 aromatic heterocycles. The van der Waals surface area contributed by atoms with Crippen LogP contribution in [0.15, 0.2) is 66.2 Å². The predicted octanol–water partition coefficient (Wildman–Crippen LogP) is 4.78. The van der Waals surface area contributed by atoms with Crippen molar-refractivity contribution in [3.8, 4) is 11.5 Å². The summed E-state index contributed by atoms with van der Waals surface area (Å²) in [4.78, 5) is 27.6. The number of amides is 1. The number of hydrogen-bond acceptors (Lipinski definition) is 5. The van der Waals surface area contributed by atoms with Crippen molar-refractivity contribution < 1.29 is 28.9 Å². The van der Waals surface area contributed by atoms with Gasteiger partial charge < -0.3 is 14.9 Å². The van der Waals surface area contributed by atoms with Crippen molar-refractivity contribution in [2.24, 2.45) is 0 Å². The number of methoxy groups -OCH3 is 1. The molecule has 1 atom stereocenters. The van der Waals surface area contributed by atoms with Gasteiger partial charge in [-0.1, -0.05) is 35.9 Å². The van der Waals surface area contributed by atoms with Gasteiger partial charge in [-0.3, -0.25) is 14.5 Å². The number of carbonyl (C=O) groups is 2. The number of phenolic OH excluding ortho intramolecular Hbond substituents is 1.